The third-order valence-electron chi connectivity index (χ3n) is 10.5. The number of nitrogens with one attached hydrogen (secondary N) is 2. The van der Waals surface area contributed by atoms with Gasteiger partial charge >= 0.3 is 0 Å². The minimum absolute atomic E-state index is 0.0440. The number of fused-ring (bicyclic) bond motifs is 7. The van der Waals surface area contributed by atoms with Crippen molar-refractivity contribution in [1.29, 1.82) is 0 Å². The van der Waals surface area contributed by atoms with Crippen LogP contribution in [0.2, 0.25) is 0 Å². The zero-order chi connectivity index (χ0) is 28.9. The molecule has 2 amide bonds. The number of aliphatic hydroxyl groups excluding tert-OH is 4. The third-order valence-corrected chi connectivity index (χ3v) is 10.5. The highest BCUT2D eigenvalue weighted by Crippen LogP contribution is 2.61. The summed E-state index contributed by atoms with van der Waals surface area (Å²) in [5.41, 5.74) is -0.389. The Hall–Kier alpha value is -2.53. The smallest absolute Gasteiger partial charge is 0.259 e. The molecule has 13 unspecified atom stereocenters. The van der Waals surface area contributed by atoms with Crippen molar-refractivity contribution in [3.63, 3.8) is 0 Å². The van der Waals surface area contributed by atoms with E-state index in [-0.39, 0.29) is 72.0 Å². The van der Waals surface area contributed by atoms with E-state index in [9.17, 15) is 34.8 Å². The molecule has 40 heavy (non-hydrogen) atoms. The van der Waals surface area contributed by atoms with Crippen molar-refractivity contribution in [3.05, 3.63) is 35.6 Å². The average molecular weight is 559 g/mol. The van der Waals surface area contributed by atoms with E-state index in [1.807, 2.05) is 6.92 Å². The molecule has 2 heterocycles. The summed E-state index contributed by atoms with van der Waals surface area (Å²) >= 11 is 0. The third kappa shape index (κ3) is 4.93. The molecule has 10 nitrogen and oxygen atoms in total. The molecule has 220 valence electrons. The molecule has 0 aromatic heterocycles. The van der Waals surface area contributed by atoms with Gasteiger partial charge in [-0.15, -0.1) is 0 Å². The highest BCUT2D eigenvalue weighted by Gasteiger charge is 2.61. The summed E-state index contributed by atoms with van der Waals surface area (Å²) < 4.78 is 5.68. The van der Waals surface area contributed by atoms with E-state index in [0.717, 1.165) is 6.42 Å². The molecular formula is C30H42N2O8. The first kappa shape index (κ1) is 29.0. The molecule has 0 spiro atoms. The van der Waals surface area contributed by atoms with Gasteiger partial charge in [-0.25, -0.2) is 0 Å². The van der Waals surface area contributed by atoms with Crippen LogP contribution in [0.1, 0.15) is 39.5 Å². The Bertz CT molecular complexity index is 1120. The van der Waals surface area contributed by atoms with Gasteiger partial charge in [0.25, 0.3) is 5.91 Å². The summed E-state index contributed by atoms with van der Waals surface area (Å²) in [7, 11) is 1.67. The standard InChI is InChI=1S/C30H42N2O8/c1-13-11-17-18-12-15-7-8-19(33)25-27(36)26(32-30(25)39)20(34)9-10-31-21(35)6-4-5-16(15)23(18)28(37)29(38)24(17)22(13)14(2)40-3/h4,6-8,13-18,20,22-24,26,28-29,33-34,37-38H,5,9-12H2,1-3H3,(H,31,35)(H,32,39). The zero-order valence-electron chi connectivity index (χ0n) is 23.3. The van der Waals surface area contributed by atoms with Crippen LogP contribution < -0.4 is 10.6 Å². The van der Waals surface area contributed by atoms with Crippen LogP contribution >= 0.6 is 0 Å². The van der Waals surface area contributed by atoms with E-state index < -0.39 is 41.8 Å². The van der Waals surface area contributed by atoms with Crippen molar-refractivity contribution in [1.82, 2.24) is 10.6 Å². The molecule has 13 atom stereocenters. The lowest BCUT2D eigenvalue weighted by Gasteiger charge is -2.47. The van der Waals surface area contributed by atoms with Crippen LogP contribution in [0.15, 0.2) is 35.6 Å². The van der Waals surface area contributed by atoms with Crippen LogP contribution in [0.5, 0.6) is 0 Å². The Kier molecular flexibility index (Phi) is 8.25. The number of allylic oxidation sites excluding steroid dienone is 3. The van der Waals surface area contributed by atoms with E-state index in [0.29, 0.717) is 18.8 Å². The summed E-state index contributed by atoms with van der Waals surface area (Å²) in [4.78, 5) is 37.9. The van der Waals surface area contributed by atoms with Gasteiger partial charge in [0.1, 0.15) is 17.4 Å². The van der Waals surface area contributed by atoms with Gasteiger partial charge in [0, 0.05) is 13.7 Å². The number of Topliss-reactive ketones (excluding diaryl/α,β-unsaturated/α-hetero) is 1. The van der Waals surface area contributed by atoms with Crippen molar-refractivity contribution in [2.75, 3.05) is 13.7 Å². The number of carbonyl (C=O) groups excluding carboxylic acids is 3. The number of ether oxygens (including phenoxy) is 1. The molecule has 4 fully saturated rings. The fourth-order valence-electron chi connectivity index (χ4n) is 8.77. The highest BCUT2D eigenvalue weighted by atomic mass is 16.5. The number of amides is 2. The molecule has 5 rings (SSSR count). The summed E-state index contributed by atoms with van der Waals surface area (Å²) in [5, 5.41) is 49.3. The minimum Gasteiger partial charge on any atom is -0.507 e. The molecule has 1 saturated heterocycles. The normalized spacial score (nSPS) is 44.6. The Morgan fingerprint density at radius 1 is 1.00 bits per heavy atom. The fraction of sp³-hybridized carbons (Fsp3) is 0.700. The topological polar surface area (TPSA) is 165 Å². The maximum absolute atomic E-state index is 12.9. The number of ketones is 1. The van der Waals surface area contributed by atoms with Crippen LogP contribution in [0, 0.1) is 47.3 Å². The SMILES string of the molecule is COC(C)C1C(C)CC2C3CC4C=CC(O)=C5C(=O)NC(C5=O)C(O)CCNC(=O)C=CCC4C3C(O)C(O)C21. The van der Waals surface area contributed by atoms with Gasteiger partial charge in [0.2, 0.25) is 5.91 Å². The monoisotopic (exact) mass is 558 g/mol. The van der Waals surface area contributed by atoms with Crippen molar-refractivity contribution < 1.29 is 39.5 Å². The first-order chi connectivity index (χ1) is 19.0. The second kappa shape index (κ2) is 11.4. The second-order valence-corrected chi connectivity index (χ2v) is 12.5. The number of rotatable bonds is 2. The largest absolute Gasteiger partial charge is 0.507 e. The Morgan fingerprint density at radius 3 is 2.42 bits per heavy atom. The van der Waals surface area contributed by atoms with E-state index in [2.05, 4.69) is 17.6 Å². The van der Waals surface area contributed by atoms with Gasteiger partial charge < -0.3 is 35.8 Å². The number of hydrogen-bond acceptors (Lipinski definition) is 8. The van der Waals surface area contributed by atoms with Crippen LogP contribution in [0.25, 0.3) is 0 Å². The first-order valence-corrected chi connectivity index (χ1v) is 14.5. The van der Waals surface area contributed by atoms with Crippen molar-refractivity contribution in [2.45, 2.75) is 70.0 Å². The second-order valence-electron chi connectivity index (χ2n) is 12.5. The van der Waals surface area contributed by atoms with Gasteiger partial charge in [0.05, 0.1) is 24.4 Å². The fourth-order valence-corrected chi connectivity index (χ4v) is 8.77. The molecule has 3 saturated carbocycles. The molecule has 10 heteroatoms. The molecule has 2 bridgehead atoms. The zero-order valence-corrected chi connectivity index (χ0v) is 23.3. The summed E-state index contributed by atoms with van der Waals surface area (Å²) in [5.74, 6) is -2.04. The molecule has 0 aromatic rings. The van der Waals surface area contributed by atoms with Crippen LogP contribution in [0.3, 0.4) is 0 Å². The van der Waals surface area contributed by atoms with Gasteiger partial charge in [-0.3, -0.25) is 14.4 Å². The van der Waals surface area contributed by atoms with E-state index in [1.165, 1.54) is 12.2 Å². The van der Waals surface area contributed by atoms with Crippen molar-refractivity contribution >= 4 is 17.6 Å². The van der Waals surface area contributed by atoms with Gasteiger partial charge in [0.15, 0.2) is 5.78 Å². The Labute approximate surface area is 234 Å². The van der Waals surface area contributed by atoms with E-state index >= 15 is 0 Å². The predicted octanol–water partition coefficient (Wildman–Crippen LogP) is 0.777. The first-order valence-electron chi connectivity index (χ1n) is 14.5. The van der Waals surface area contributed by atoms with Crippen LogP contribution in [-0.4, -0.2) is 82.1 Å². The predicted molar refractivity (Wildman–Crippen MR) is 144 cm³/mol. The quantitative estimate of drug-likeness (QED) is 0.271. The van der Waals surface area contributed by atoms with Crippen LogP contribution in [0.4, 0.5) is 0 Å². The average Bonchev–Trinajstić information content (AvgIpc) is 3.55. The number of aliphatic hydroxyl groups is 4. The Balaban J connectivity index is 1.50. The molecule has 0 radical (unpaired) electrons. The van der Waals surface area contributed by atoms with Gasteiger partial charge in [-0.05, 0) is 92.1 Å². The molecule has 3 aliphatic carbocycles. The maximum atomic E-state index is 12.9. The minimum atomic E-state index is -1.22. The van der Waals surface area contributed by atoms with Crippen molar-refractivity contribution in [3.8, 4) is 0 Å². The van der Waals surface area contributed by atoms with E-state index in [4.69, 9.17) is 4.74 Å². The van der Waals surface area contributed by atoms with Gasteiger partial charge in [-0.2, -0.15) is 0 Å². The van der Waals surface area contributed by atoms with Gasteiger partial charge in [-0.1, -0.05) is 19.1 Å². The van der Waals surface area contributed by atoms with Crippen LogP contribution in [-0.2, 0) is 19.1 Å². The van der Waals surface area contributed by atoms with Crippen molar-refractivity contribution in [2.24, 2.45) is 47.3 Å². The lowest BCUT2D eigenvalue weighted by molar-refractivity contribution is -0.139. The lowest BCUT2D eigenvalue weighted by Crippen LogP contribution is -2.53. The lowest BCUT2D eigenvalue weighted by atomic mass is 9.62. The summed E-state index contributed by atoms with van der Waals surface area (Å²) in [6.45, 7) is 4.30. The molecule has 6 N–H and O–H groups in total. The molecule has 0 aromatic carbocycles. The molecule has 2 aliphatic heterocycles. The Morgan fingerprint density at radius 2 is 1.70 bits per heavy atom. The number of methoxy groups -OCH3 is 1. The van der Waals surface area contributed by atoms with E-state index in [1.54, 1.807) is 19.3 Å². The summed E-state index contributed by atoms with van der Waals surface area (Å²) in [6.07, 6.45) is 5.41. The summed E-state index contributed by atoms with van der Waals surface area (Å²) in [6, 6.07) is -1.19. The molecular weight excluding hydrogens is 516 g/mol. The highest BCUT2D eigenvalue weighted by molar-refractivity contribution is 6.27. The molecule has 5 aliphatic rings. The number of hydrogen-bond donors (Lipinski definition) is 6. The maximum Gasteiger partial charge on any atom is 0.259 e. The number of carbonyl (C=O) groups is 3.